The fourth-order valence-corrected chi connectivity index (χ4v) is 2.40. The average molecular weight is 377 g/mol. The van der Waals surface area contributed by atoms with E-state index in [1.54, 1.807) is 6.08 Å². The molecule has 1 saturated heterocycles. The molecule has 0 bridgehead atoms. The number of unbranched alkanes of at least 4 members (excludes halogenated alkanes) is 1. The number of anilines is 1. The standard InChI is InChI=1S/C18H23N3O4S/c1-3-5-11-19-16(12-14(4-2)18(22)23)17(13-21-24-26-25-21)20-15-9-7-6-8-10-15/h4,6-10,12,19-20H,2-3,5,11,13H2,1H3,(H,22,23)/b14-12+,17-16-. The zero-order valence-electron chi connectivity index (χ0n) is 14.6. The Labute approximate surface area is 157 Å². The van der Waals surface area contributed by atoms with Crippen LogP contribution in [0.25, 0.3) is 0 Å². The average Bonchev–Trinajstić information content (AvgIpc) is 2.60. The molecule has 0 aromatic heterocycles. The molecular weight excluding hydrogens is 354 g/mol. The molecule has 26 heavy (non-hydrogen) atoms. The van der Waals surface area contributed by atoms with Crippen molar-refractivity contribution in [3.63, 3.8) is 0 Å². The Morgan fingerprint density at radius 2 is 2.08 bits per heavy atom. The van der Waals surface area contributed by atoms with Gasteiger partial charge in [0.05, 0.1) is 23.5 Å². The first kappa shape index (κ1) is 20.1. The van der Waals surface area contributed by atoms with E-state index in [1.807, 2.05) is 30.3 Å². The number of aliphatic carboxylic acids is 1. The molecule has 0 radical (unpaired) electrons. The van der Waals surface area contributed by atoms with Crippen LogP contribution < -0.4 is 10.6 Å². The van der Waals surface area contributed by atoms with Crippen LogP contribution in [0.15, 0.2) is 66.0 Å². The third-order valence-corrected chi connectivity index (χ3v) is 3.98. The highest BCUT2D eigenvalue weighted by molar-refractivity contribution is 7.90. The second-order valence-electron chi connectivity index (χ2n) is 5.48. The summed E-state index contributed by atoms with van der Waals surface area (Å²) in [5.74, 6) is -1.04. The first-order valence-corrected chi connectivity index (χ1v) is 8.96. The molecular formula is C18H23N3O4S. The number of carboxylic acids is 1. The summed E-state index contributed by atoms with van der Waals surface area (Å²) >= 11 is 0.879. The molecule has 2 rings (SSSR count). The summed E-state index contributed by atoms with van der Waals surface area (Å²) in [5, 5.41) is 17.2. The Morgan fingerprint density at radius 1 is 1.35 bits per heavy atom. The van der Waals surface area contributed by atoms with E-state index in [2.05, 4.69) is 24.1 Å². The molecule has 0 spiro atoms. The number of carbonyl (C=O) groups is 1. The molecule has 7 nitrogen and oxygen atoms in total. The third-order valence-electron chi connectivity index (χ3n) is 3.52. The number of carboxylic acid groups (broad SMARTS) is 1. The topological polar surface area (TPSA) is 83.1 Å². The van der Waals surface area contributed by atoms with Gasteiger partial charge in [-0.3, -0.25) is 0 Å². The highest BCUT2D eigenvalue weighted by Crippen LogP contribution is 2.25. The van der Waals surface area contributed by atoms with E-state index in [0.29, 0.717) is 17.9 Å². The quantitative estimate of drug-likeness (QED) is 0.233. The minimum atomic E-state index is -1.04. The molecule has 0 aliphatic carbocycles. The van der Waals surface area contributed by atoms with Crippen LogP contribution in [0, 0.1) is 0 Å². The van der Waals surface area contributed by atoms with Gasteiger partial charge in [0.2, 0.25) is 12.3 Å². The van der Waals surface area contributed by atoms with Gasteiger partial charge in [0.15, 0.2) is 0 Å². The van der Waals surface area contributed by atoms with Gasteiger partial charge in [0, 0.05) is 12.2 Å². The second-order valence-corrected chi connectivity index (χ2v) is 5.91. The molecule has 8 heteroatoms. The van der Waals surface area contributed by atoms with Crippen LogP contribution in [0.5, 0.6) is 0 Å². The number of hydrogen-bond donors (Lipinski definition) is 3. The molecule has 0 amide bonds. The molecule has 0 atom stereocenters. The van der Waals surface area contributed by atoms with Gasteiger partial charge >= 0.3 is 5.97 Å². The normalized spacial score (nSPS) is 15.7. The van der Waals surface area contributed by atoms with Crippen molar-refractivity contribution in [1.82, 2.24) is 10.5 Å². The van der Waals surface area contributed by atoms with Gasteiger partial charge in [-0.2, -0.15) is 8.57 Å². The summed E-state index contributed by atoms with van der Waals surface area (Å²) in [5.41, 5.74) is 2.32. The van der Waals surface area contributed by atoms with Gasteiger partial charge in [-0.05, 0) is 29.9 Å². The van der Waals surface area contributed by atoms with E-state index in [4.69, 9.17) is 8.57 Å². The van der Waals surface area contributed by atoms with Crippen LogP contribution >= 0.6 is 12.3 Å². The van der Waals surface area contributed by atoms with Crippen LogP contribution in [0.1, 0.15) is 19.8 Å². The Kier molecular flexibility index (Phi) is 8.23. The van der Waals surface area contributed by atoms with Crippen LogP contribution in [-0.2, 0) is 13.4 Å². The molecule has 1 aromatic rings. The van der Waals surface area contributed by atoms with Crippen LogP contribution in [0.4, 0.5) is 5.69 Å². The van der Waals surface area contributed by atoms with Crippen LogP contribution in [0.3, 0.4) is 0 Å². The van der Waals surface area contributed by atoms with Crippen molar-refractivity contribution in [1.29, 1.82) is 0 Å². The lowest BCUT2D eigenvalue weighted by Crippen LogP contribution is -2.33. The summed E-state index contributed by atoms with van der Waals surface area (Å²) in [6.45, 7) is 6.67. The number of hydrogen-bond acceptors (Lipinski definition) is 7. The van der Waals surface area contributed by atoms with Crippen molar-refractivity contribution in [3.8, 4) is 0 Å². The summed E-state index contributed by atoms with van der Waals surface area (Å²) < 4.78 is 10.2. The van der Waals surface area contributed by atoms with Crippen molar-refractivity contribution in [3.05, 3.63) is 66.0 Å². The maximum absolute atomic E-state index is 11.4. The molecule has 1 heterocycles. The van der Waals surface area contributed by atoms with Gasteiger partial charge in [-0.15, -0.1) is 0 Å². The van der Waals surface area contributed by atoms with Crippen LogP contribution in [0.2, 0.25) is 0 Å². The van der Waals surface area contributed by atoms with E-state index >= 15 is 0 Å². The van der Waals surface area contributed by atoms with Gasteiger partial charge in [-0.25, -0.2) is 4.79 Å². The van der Waals surface area contributed by atoms with Crippen molar-refractivity contribution in [2.45, 2.75) is 19.8 Å². The fourth-order valence-electron chi connectivity index (χ4n) is 2.15. The molecule has 3 N–H and O–H groups in total. The number of para-hydroxylation sites is 1. The highest BCUT2D eigenvalue weighted by atomic mass is 32.2. The Hall–Kier alpha value is -2.26. The first-order chi connectivity index (χ1) is 12.6. The molecule has 1 fully saturated rings. The second kappa shape index (κ2) is 10.7. The predicted molar refractivity (Wildman–Crippen MR) is 102 cm³/mol. The van der Waals surface area contributed by atoms with E-state index in [-0.39, 0.29) is 12.1 Å². The summed E-state index contributed by atoms with van der Waals surface area (Å²) in [7, 11) is 0. The minimum Gasteiger partial charge on any atom is -0.478 e. The molecule has 140 valence electrons. The third kappa shape index (κ3) is 6.23. The number of rotatable bonds is 11. The SMILES string of the molecule is C=C/C(=C\C(NCCCC)=C(/CN1OSO1)Nc1ccccc1)C(=O)O. The number of benzene rings is 1. The lowest BCUT2D eigenvalue weighted by atomic mass is 10.1. The number of nitrogens with one attached hydrogen (secondary N) is 2. The highest BCUT2D eigenvalue weighted by Gasteiger charge is 2.22. The van der Waals surface area contributed by atoms with Gasteiger partial charge in [-0.1, -0.05) is 44.2 Å². The van der Waals surface area contributed by atoms with E-state index in [9.17, 15) is 9.90 Å². The fraction of sp³-hybridized carbons (Fsp3) is 0.278. The van der Waals surface area contributed by atoms with Crippen molar-refractivity contribution >= 4 is 24.0 Å². The van der Waals surface area contributed by atoms with Crippen molar-refractivity contribution < 1.29 is 18.5 Å². The number of nitrogens with zero attached hydrogens (tertiary/aromatic N) is 1. The smallest absolute Gasteiger partial charge is 0.335 e. The monoisotopic (exact) mass is 377 g/mol. The molecule has 0 saturated carbocycles. The van der Waals surface area contributed by atoms with E-state index in [0.717, 1.165) is 30.9 Å². The number of allylic oxidation sites excluding steroid dienone is 1. The Balaban J connectivity index is 2.36. The zero-order chi connectivity index (χ0) is 18.8. The lowest BCUT2D eigenvalue weighted by molar-refractivity contribution is -0.296. The summed E-state index contributed by atoms with van der Waals surface area (Å²) in [6.07, 6.45) is 4.85. The maximum Gasteiger partial charge on any atom is 0.335 e. The predicted octanol–water partition coefficient (Wildman–Crippen LogP) is 3.64. The molecule has 0 unspecified atom stereocenters. The molecule has 1 aromatic carbocycles. The lowest BCUT2D eigenvalue weighted by Gasteiger charge is -2.27. The summed E-state index contributed by atoms with van der Waals surface area (Å²) in [4.78, 5) is 11.4. The van der Waals surface area contributed by atoms with Crippen molar-refractivity contribution in [2.75, 3.05) is 18.4 Å². The van der Waals surface area contributed by atoms with Gasteiger partial charge < -0.3 is 15.7 Å². The van der Waals surface area contributed by atoms with Gasteiger partial charge in [0.1, 0.15) is 0 Å². The maximum atomic E-state index is 11.4. The Morgan fingerprint density at radius 3 is 2.62 bits per heavy atom. The molecule has 1 aliphatic heterocycles. The number of hydroxylamine groups is 2. The van der Waals surface area contributed by atoms with Crippen LogP contribution in [-0.4, -0.2) is 29.4 Å². The van der Waals surface area contributed by atoms with E-state index < -0.39 is 5.97 Å². The van der Waals surface area contributed by atoms with Gasteiger partial charge in [0.25, 0.3) is 0 Å². The Bertz CT molecular complexity index is 672. The minimum absolute atomic E-state index is 0.0937. The van der Waals surface area contributed by atoms with Crippen molar-refractivity contribution in [2.24, 2.45) is 0 Å². The largest absolute Gasteiger partial charge is 0.478 e. The first-order valence-electron chi connectivity index (χ1n) is 8.29. The summed E-state index contributed by atoms with van der Waals surface area (Å²) in [6, 6.07) is 9.60. The van der Waals surface area contributed by atoms with E-state index in [1.165, 1.54) is 11.3 Å². The molecule has 1 aliphatic rings. The zero-order valence-corrected chi connectivity index (χ0v) is 15.4.